The highest BCUT2D eigenvalue weighted by atomic mass is 35.5. The van der Waals surface area contributed by atoms with E-state index in [2.05, 4.69) is 12.2 Å². The Labute approximate surface area is 127 Å². The number of rotatable bonds is 10. The highest BCUT2D eigenvalue weighted by molar-refractivity contribution is 6.32. The van der Waals surface area contributed by atoms with Gasteiger partial charge in [0.25, 0.3) is 0 Å². The van der Waals surface area contributed by atoms with Crippen molar-refractivity contribution in [2.45, 2.75) is 46.6 Å². The number of hydrogen-bond acceptors (Lipinski definition) is 3. The molecule has 0 atom stereocenters. The van der Waals surface area contributed by atoms with E-state index < -0.39 is 0 Å². The van der Waals surface area contributed by atoms with E-state index in [9.17, 15) is 0 Å². The Hall–Kier alpha value is -0.930. The Kier molecular flexibility index (Phi) is 8.47. The van der Waals surface area contributed by atoms with Crippen LogP contribution in [0.1, 0.15) is 45.6 Å². The molecule has 0 aliphatic heterocycles. The second-order valence-electron chi connectivity index (χ2n) is 4.65. The zero-order valence-electron chi connectivity index (χ0n) is 12.8. The van der Waals surface area contributed by atoms with E-state index in [0.717, 1.165) is 24.4 Å². The fourth-order valence-corrected chi connectivity index (χ4v) is 2.29. The molecule has 0 unspecified atom stereocenters. The van der Waals surface area contributed by atoms with Crippen molar-refractivity contribution in [1.82, 2.24) is 5.32 Å². The monoisotopic (exact) mass is 299 g/mol. The van der Waals surface area contributed by atoms with Gasteiger partial charge in [-0.3, -0.25) is 0 Å². The van der Waals surface area contributed by atoms with Crippen LogP contribution in [0.4, 0.5) is 0 Å². The van der Waals surface area contributed by atoms with Crippen molar-refractivity contribution in [3.8, 4) is 11.5 Å². The van der Waals surface area contributed by atoms with Gasteiger partial charge in [-0.05, 0) is 44.5 Å². The van der Waals surface area contributed by atoms with E-state index in [-0.39, 0.29) is 0 Å². The fraction of sp³-hybridized carbons (Fsp3) is 0.625. The second kappa shape index (κ2) is 9.89. The van der Waals surface area contributed by atoms with Crippen molar-refractivity contribution < 1.29 is 9.47 Å². The molecule has 1 rings (SSSR count). The van der Waals surface area contributed by atoms with Crippen LogP contribution in [0.2, 0.25) is 5.02 Å². The normalized spacial score (nSPS) is 10.6. The maximum absolute atomic E-state index is 6.28. The lowest BCUT2D eigenvalue weighted by Gasteiger charge is -2.14. The van der Waals surface area contributed by atoms with Crippen LogP contribution in [0, 0.1) is 0 Å². The third kappa shape index (κ3) is 5.59. The standard InChI is InChI=1S/C16H26ClNO2/c1-4-7-8-9-18-12-13-10-14(17)16(20-6-3)15(11-13)19-5-2/h10-11,18H,4-9,12H2,1-3H3. The summed E-state index contributed by atoms with van der Waals surface area (Å²) in [5.74, 6) is 1.37. The van der Waals surface area contributed by atoms with Crippen LogP contribution < -0.4 is 14.8 Å². The minimum atomic E-state index is 0.578. The molecule has 1 N–H and O–H groups in total. The van der Waals surface area contributed by atoms with Crippen molar-refractivity contribution in [3.05, 3.63) is 22.7 Å². The molecule has 0 saturated heterocycles. The zero-order valence-corrected chi connectivity index (χ0v) is 13.6. The van der Waals surface area contributed by atoms with E-state index in [1.807, 2.05) is 26.0 Å². The molecule has 0 radical (unpaired) electrons. The van der Waals surface area contributed by atoms with Crippen molar-refractivity contribution in [3.63, 3.8) is 0 Å². The molecule has 20 heavy (non-hydrogen) atoms. The van der Waals surface area contributed by atoms with Gasteiger partial charge in [-0.25, -0.2) is 0 Å². The Morgan fingerprint density at radius 3 is 2.45 bits per heavy atom. The third-order valence-corrected chi connectivity index (χ3v) is 3.22. The van der Waals surface area contributed by atoms with Gasteiger partial charge < -0.3 is 14.8 Å². The van der Waals surface area contributed by atoms with Gasteiger partial charge in [0, 0.05) is 6.54 Å². The van der Waals surface area contributed by atoms with Gasteiger partial charge in [0.1, 0.15) is 0 Å². The molecule has 3 nitrogen and oxygen atoms in total. The first-order chi connectivity index (χ1) is 9.72. The number of nitrogens with one attached hydrogen (secondary N) is 1. The van der Waals surface area contributed by atoms with Crippen LogP contribution in [0.5, 0.6) is 11.5 Å². The van der Waals surface area contributed by atoms with Gasteiger partial charge in [0.05, 0.1) is 18.2 Å². The Morgan fingerprint density at radius 1 is 1.05 bits per heavy atom. The van der Waals surface area contributed by atoms with Gasteiger partial charge in [-0.1, -0.05) is 31.4 Å². The zero-order chi connectivity index (χ0) is 14.8. The Bertz CT molecular complexity index is 396. The second-order valence-corrected chi connectivity index (χ2v) is 5.06. The van der Waals surface area contributed by atoms with E-state index >= 15 is 0 Å². The molecule has 0 saturated carbocycles. The van der Waals surface area contributed by atoms with Crippen molar-refractivity contribution in [2.75, 3.05) is 19.8 Å². The molecule has 0 fully saturated rings. The minimum Gasteiger partial charge on any atom is -0.490 e. The molecule has 114 valence electrons. The van der Waals surface area contributed by atoms with Gasteiger partial charge in [-0.2, -0.15) is 0 Å². The molecule has 4 heteroatoms. The van der Waals surface area contributed by atoms with Gasteiger partial charge in [0.15, 0.2) is 11.5 Å². The highest BCUT2D eigenvalue weighted by Gasteiger charge is 2.11. The lowest BCUT2D eigenvalue weighted by atomic mass is 10.2. The first kappa shape index (κ1) is 17.1. The van der Waals surface area contributed by atoms with Crippen LogP contribution in [-0.4, -0.2) is 19.8 Å². The van der Waals surface area contributed by atoms with E-state index in [1.54, 1.807) is 0 Å². The lowest BCUT2D eigenvalue weighted by Crippen LogP contribution is -2.14. The van der Waals surface area contributed by atoms with Crippen molar-refractivity contribution >= 4 is 11.6 Å². The molecule has 1 aromatic carbocycles. The maximum atomic E-state index is 6.28. The summed E-state index contributed by atoms with van der Waals surface area (Å²) in [5, 5.41) is 4.04. The summed E-state index contributed by atoms with van der Waals surface area (Å²) in [6.45, 7) is 9.12. The molecule has 0 amide bonds. The van der Waals surface area contributed by atoms with Crippen LogP contribution in [0.3, 0.4) is 0 Å². The average molecular weight is 300 g/mol. The summed E-state index contributed by atoms with van der Waals surface area (Å²) in [5.41, 5.74) is 1.12. The summed E-state index contributed by atoms with van der Waals surface area (Å²) in [4.78, 5) is 0. The SMILES string of the molecule is CCCCCNCc1cc(Cl)c(OCC)c(OCC)c1. The smallest absolute Gasteiger partial charge is 0.179 e. The average Bonchev–Trinajstić information content (AvgIpc) is 2.43. The Morgan fingerprint density at radius 2 is 1.80 bits per heavy atom. The third-order valence-electron chi connectivity index (χ3n) is 2.94. The molecule has 1 aromatic rings. The van der Waals surface area contributed by atoms with Gasteiger partial charge in [-0.15, -0.1) is 0 Å². The molecule has 0 aliphatic rings. The number of unbranched alkanes of at least 4 members (excludes halogenated alkanes) is 2. The largest absolute Gasteiger partial charge is 0.490 e. The summed E-state index contributed by atoms with van der Waals surface area (Å²) >= 11 is 6.28. The summed E-state index contributed by atoms with van der Waals surface area (Å²) < 4.78 is 11.2. The molecule has 0 bridgehead atoms. The van der Waals surface area contributed by atoms with Crippen LogP contribution in [-0.2, 0) is 6.54 Å². The number of hydrogen-bond donors (Lipinski definition) is 1. The topological polar surface area (TPSA) is 30.5 Å². The first-order valence-corrected chi connectivity index (χ1v) is 7.89. The van der Waals surface area contributed by atoms with Crippen LogP contribution in [0.15, 0.2) is 12.1 Å². The summed E-state index contributed by atoms with van der Waals surface area (Å²) in [7, 11) is 0. The maximum Gasteiger partial charge on any atom is 0.179 e. The molecule has 0 heterocycles. The quantitative estimate of drug-likeness (QED) is 0.649. The first-order valence-electron chi connectivity index (χ1n) is 7.51. The van der Waals surface area contributed by atoms with Gasteiger partial charge >= 0.3 is 0 Å². The number of halogens is 1. The predicted octanol–water partition coefficient (Wildman–Crippen LogP) is 4.42. The Balaban J connectivity index is 2.67. The lowest BCUT2D eigenvalue weighted by molar-refractivity contribution is 0.287. The molecular formula is C16H26ClNO2. The van der Waals surface area contributed by atoms with Crippen LogP contribution in [0.25, 0.3) is 0 Å². The summed E-state index contributed by atoms with van der Waals surface area (Å²) in [6.07, 6.45) is 3.71. The van der Waals surface area contributed by atoms with Crippen LogP contribution >= 0.6 is 11.6 Å². The van der Waals surface area contributed by atoms with E-state index in [4.69, 9.17) is 21.1 Å². The molecule has 0 aliphatic carbocycles. The number of ether oxygens (including phenoxy) is 2. The van der Waals surface area contributed by atoms with E-state index in [1.165, 1.54) is 19.3 Å². The van der Waals surface area contributed by atoms with Crippen molar-refractivity contribution in [1.29, 1.82) is 0 Å². The van der Waals surface area contributed by atoms with Crippen molar-refractivity contribution in [2.24, 2.45) is 0 Å². The van der Waals surface area contributed by atoms with E-state index in [0.29, 0.717) is 24.0 Å². The number of benzene rings is 1. The van der Waals surface area contributed by atoms with Gasteiger partial charge in [0.2, 0.25) is 0 Å². The molecular weight excluding hydrogens is 274 g/mol. The minimum absolute atomic E-state index is 0.578. The highest BCUT2D eigenvalue weighted by Crippen LogP contribution is 2.36. The molecule has 0 spiro atoms. The fourth-order valence-electron chi connectivity index (χ4n) is 2.00. The predicted molar refractivity (Wildman–Crippen MR) is 85.0 cm³/mol. The summed E-state index contributed by atoms with van der Waals surface area (Å²) in [6, 6.07) is 3.95. The molecule has 0 aromatic heterocycles.